The Morgan fingerprint density at radius 2 is 1.70 bits per heavy atom. The molecule has 188 valence electrons. The van der Waals surface area contributed by atoms with Gasteiger partial charge in [-0.3, -0.25) is 4.99 Å². The molecule has 0 radical (unpaired) electrons. The smallest absolute Gasteiger partial charge is 0.337 e. The molecule has 1 fully saturated rings. The molecule has 0 saturated carbocycles. The Morgan fingerprint density at radius 3 is 2.36 bits per heavy atom. The maximum absolute atomic E-state index is 13.0. The van der Waals surface area contributed by atoms with Crippen LogP contribution in [0.5, 0.6) is 0 Å². The zero-order valence-corrected chi connectivity index (χ0v) is 20.7. The first-order valence-corrected chi connectivity index (χ1v) is 13.1. The van der Waals surface area contributed by atoms with Gasteiger partial charge in [0.05, 0.1) is 18.2 Å². The van der Waals surface area contributed by atoms with Crippen LogP contribution < -0.4 is 17.2 Å². The number of carbonyl (C=O) groups excluding carboxylic acids is 1. The monoisotopic (exact) mass is 462 g/mol. The van der Waals surface area contributed by atoms with E-state index in [4.69, 9.17) is 26.9 Å². The molecule has 8 heteroatoms. The summed E-state index contributed by atoms with van der Waals surface area (Å²) in [6.45, 7) is 3.99. The van der Waals surface area contributed by atoms with E-state index in [1.165, 1.54) is 57.8 Å². The molecule has 0 bridgehead atoms. The Kier molecular flexibility index (Phi) is 12.7. The van der Waals surface area contributed by atoms with Gasteiger partial charge in [0, 0.05) is 18.8 Å². The molecule has 0 amide bonds. The first-order chi connectivity index (χ1) is 16.0. The Balaban J connectivity index is 1.77. The minimum absolute atomic E-state index is 0.0905. The molecule has 1 unspecified atom stereocenters. The van der Waals surface area contributed by atoms with Gasteiger partial charge < -0.3 is 26.8 Å². The number of fused-ring (bicyclic) bond motifs is 1. The summed E-state index contributed by atoms with van der Waals surface area (Å²) in [4.78, 5) is 23.6. The molecular formula is C25H46N6O2. The second kappa shape index (κ2) is 15.6. The lowest BCUT2D eigenvalue weighted by Crippen LogP contribution is -2.41. The third kappa shape index (κ3) is 9.64. The molecule has 0 aromatic heterocycles. The standard InChI is InChI=1S/C25H46N6O2/c1-2-3-4-5-6-7-8-9-10-11-15-20-22(21-16-14-18-31(21)25(28)30-20)23(32)33-19-13-12-17-29-24(26)27/h20H,2-19H2,1H3,(H2,28,30)(H4,26,27,29). The lowest BCUT2D eigenvalue weighted by Gasteiger charge is -2.30. The summed E-state index contributed by atoms with van der Waals surface area (Å²) in [5, 5.41) is 0. The summed E-state index contributed by atoms with van der Waals surface area (Å²) in [5.41, 5.74) is 18.6. The Hall–Kier alpha value is -2.25. The van der Waals surface area contributed by atoms with Gasteiger partial charge in [0.2, 0.25) is 0 Å². The molecule has 2 aliphatic heterocycles. The van der Waals surface area contributed by atoms with Gasteiger partial charge in [0.1, 0.15) is 0 Å². The molecule has 2 aliphatic rings. The first kappa shape index (κ1) is 27.0. The number of hydrogen-bond acceptors (Lipinski definition) is 6. The van der Waals surface area contributed by atoms with E-state index in [0.717, 1.165) is 56.3 Å². The number of nitrogens with zero attached hydrogens (tertiary/aromatic N) is 3. The topological polar surface area (TPSA) is 132 Å². The van der Waals surface area contributed by atoms with Gasteiger partial charge in [-0.15, -0.1) is 0 Å². The summed E-state index contributed by atoms with van der Waals surface area (Å²) in [6.07, 6.45) is 17.1. The number of ether oxygens (including phenoxy) is 1. The van der Waals surface area contributed by atoms with Crippen LogP contribution in [-0.4, -0.2) is 48.5 Å². The summed E-state index contributed by atoms with van der Waals surface area (Å²) in [7, 11) is 0. The molecule has 1 saturated heterocycles. The van der Waals surface area contributed by atoms with Crippen molar-refractivity contribution in [2.24, 2.45) is 27.2 Å². The van der Waals surface area contributed by atoms with Crippen molar-refractivity contribution >= 4 is 17.9 Å². The zero-order chi connectivity index (χ0) is 23.9. The fraction of sp³-hybridized carbons (Fsp3) is 0.800. The molecule has 0 aliphatic carbocycles. The van der Waals surface area contributed by atoms with E-state index in [1.54, 1.807) is 0 Å². The lowest BCUT2D eigenvalue weighted by molar-refractivity contribution is -0.139. The largest absolute Gasteiger partial charge is 0.462 e. The molecule has 0 aromatic carbocycles. The zero-order valence-electron chi connectivity index (χ0n) is 20.7. The van der Waals surface area contributed by atoms with E-state index >= 15 is 0 Å². The molecule has 6 N–H and O–H groups in total. The average molecular weight is 463 g/mol. The maximum Gasteiger partial charge on any atom is 0.337 e. The minimum Gasteiger partial charge on any atom is -0.462 e. The van der Waals surface area contributed by atoms with Crippen molar-refractivity contribution in [1.82, 2.24) is 4.90 Å². The van der Waals surface area contributed by atoms with E-state index in [0.29, 0.717) is 19.1 Å². The third-order valence-electron chi connectivity index (χ3n) is 6.46. The molecule has 33 heavy (non-hydrogen) atoms. The summed E-state index contributed by atoms with van der Waals surface area (Å²) in [6, 6.07) is -0.183. The second-order valence-electron chi connectivity index (χ2n) is 9.24. The Labute approximate surface area is 200 Å². The van der Waals surface area contributed by atoms with Crippen LogP contribution in [-0.2, 0) is 9.53 Å². The Bertz CT molecular complexity index is 684. The normalized spacial score (nSPS) is 17.7. The van der Waals surface area contributed by atoms with Crippen LogP contribution in [0.25, 0.3) is 0 Å². The van der Waals surface area contributed by atoms with E-state index < -0.39 is 0 Å². The molecule has 8 nitrogen and oxygen atoms in total. The van der Waals surface area contributed by atoms with E-state index in [1.807, 2.05) is 4.90 Å². The lowest BCUT2D eigenvalue weighted by atomic mass is 9.96. The van der Waals surface area contributed by atoms with Gasteiger partial charge in [-0.25, -0.2) is 9.79 Å². The minimum atomic E-state index is -0.243. The number of esters is 1. The number of allylic oxidation sites excluding steroid dienone is 1. The van der Waals surface area contributed by atoms with Crippen LogP contribution in [0.15, 0.2) is 21.3 Å². The fourth-order valence-electron chi connectivity index (χ4n) is 4.65. The SMILES string of the molecule is CCCCCCCCCCCCC1N=C(N)N2CCCC2=C1C(=O)OCCCCN=C(N)N. The van der Waals surface area contributed by atoms with E-state index in [9.17, 15) is 4.79 Å². The van der Waals surface area contributed by atoms with E-state index in [2.05, 4.69) is 11.9 Å². The predicted octanol–water partition coefficient (Wildman–Crippen LogP) is 3.94. The van der Waals surface area contributed by atoms with Crippen molar-refractivity contribution in [2.45, 2.75) is 109 Å². The van der Waals surface area contributed by atoms with Gasteiger partial charge in [0.25, 0.3) is 0 Å². The van der Waals surface area contributed by atoms with Crippen molar-refractivity contribution in [3.63, 3.8) is 0 Å². The number of hydrogen-bond donors (Lipinski definition) is 3. The molecule has 2 rings (SSSR count). The fourth-order valence-corrected chi connectivity index (χ4v) is 4.65. The van der Waals surface area contributed by atoms with Crippen LogP contribution in [0.2, 0.25) is 0 Å². The van der Waals surface area contributed by atoms with Gasteiger partial charge in [0.15, 0.2) is 11.9 Å². The van der Waals surface area contributed by atoms with Gasteiger partial charge in [-0.05, 0) is 32.1 Å². The van der Waals surface area contributed by atoms with Gasteiger partial charge in [-0.2, -0.15) is 0 Å². The number of carbonyl (C=O) groups is 1. The van der Waals surface area contributed by atoms with Crippen LogP contribution in [0.3, 0.4) is 0 Å². The highest BCUT2D eigenvalue weighted by atomic mass is 16.5. The van der Waals surface area contributed by atoms with Crippen LogP contribution in [0.1, 0.15) is 103 Å². The summed E-state index contributed by atoms with van der Waals surface area (Å²) >= 11 is 0. The highest BCUT2D eigenvalue weighted by Gasteiger charge is 2.36. The van der Waals surface area contributed by atoms with Gasteiger partial charge >= 0.3 is 5.97 Å². The number of guanidine groups is 2. The van der Waals surface area contributed by atoms with Gasteiger partial charge in [-0.1, -0.05) is 71.1 Å². The number of unbranched alkanes of at least 4 members (excludes halogenated alkanes) is 10. The van der Waals surface area contributed by atoms with Crippen LogP contribution in [0.4, 0.5) is 0 Å². The second-order valence-corrected chi connectivity index (χ2v) is 9.24. The highest BCUT2D eigenvalue weighted by molar-refractivity contribution is 5.95. The van der Waals surface area contributed by atoms with Crippen LogP contribution in [0, 0.1) is 0 Å². The Morgan fingerprint density at radius 1 is 1.03 bits per heavy atom. The van der Waals surface area contributed by atoms with Crippen molar-refractivity contribution in [2.75, 3.05) is 19.7 Å². The van der Waals surface area contributed by atoms with Crippen molar-refractivity contribution in [1.29, 1.82) is 0 Å². The quantitative estimate of drug-likeness (QED) is 0.130. The average Bonchev–Trinajstić information content (AvgIpc) is 3.27. The number of rotatable bonds is 17. The molecule has 0 spiro atoms. The number of aliphatic imine (C=N–C) groups is 2. The molecular weight excluding hydrogens is 416 g/mol. The van der Waals surface area contributed by atoms with E-state index in [-0.39, 0.29) is 18.0 Å². The predicted molar refractivity (Wildman–Crippen MR) is 136 cm³/mol. The first-order valence-electron chi connectivity index (χ1n) is 13.1. The van der Waals surface area contributed by atoms with Crippen molar-refractivity contribution < 1.29 is 9.53 Å². The molecule has 0 aromatic rings. The number of nitrogens with two attached hydrogens (primary N) is 3. The summed E-state index contributed by atoms with van der Waals surface area (Å²) < 4.78 is 5.62. The highest BCUT2D eigenvalue weighted by Crippen LogP contribution is 2.33. The molecule has 2 heterocycles. The van der Waals surface area contributed by atoms with Crippen molar-refractivity contribution in [3.8, 4) is 0 Å². The van der Waals surface area contributed by atoms with Crippen molar-refractivity contribution in [3.05, 3.63) is 11.3 Å². The maximum atomic E-state index is 13.0. The van der Waals surface area contributed by atoms with Crippen LogP contribution >= 0.6 is 0 Å². The third-order valence-corrected chi connectivity index (χ3v) is 6.46. The molecule has 1 atom stereocenters. The summed E-state index contributed by atoms with van der Waals surface area (Å²) in [5.74, 6) is 0.396.